The van der Waals surface area contributed by atoms with Gasteiger partial charge in [0.2, 0.25) is 0 Å². The van der Waals surface area contributed by atoms with Crippen LogP contribution in [0.5, 0.6) is 0 Å². The molecule has 0 aliphatic heterocycles. The Bertz CT molecular complexity index is 448. The zero-order valence-electron chi connectivity index (χ0n) is 10.3. The lowest BCUT2D eigenvalue weighted by molar-refractivity contribution is 0.494. The molecule has 0 atom stereocenters. The second kappa shape index (κ2) is 5.92. The van der Waals surface area contributed by atoms with Crippen molar-refractivity contribution in [2.24, 2.45) is 5.92 Å². The molecule has 2 nitrogen and oxygen atoms in total. The highest BCUT2D eigenvalue weighted by molar-refractivity contribution is 7.98. The van der Waals surface area contributed by atoms with Gasteiger partial charge in [-0.25, -0.2) is 4.98 Å². The van der Waals surface area contributed by atoms with Crippen LogP contribution in [0.2, 0.25) is 0 Å². The van der Waals surface area contributed by atoms with Crippen LogP contribution in [-0.4, -0.2) is 9.55 Å². The van der Waals surface area contributed by atoms with E-state index in [1.807, 2.05) is 12.3 Å². The zero-order valence-corrected chi connectivity index (χ0v) is 11.2. The second-order valence-electron chi connectivity index (χ2n) is 4.53. The third-order valence-electron chi connectivity index (χ3n) is 2.45. The molecule has 0 aliphatic carbocycles. The van der Waals surface area contributed by atoms with E-state index in [9.17, 15) is 0 Å². The van der Waals surface area contributed by atoms with Crippen molar-refractivity contribution in [3.63, 3.8) is 0 Å². The van der Waals surface area contributed by atoms with Gasteiger partial charge in [0.05, 0.1) is 0 Å². The summed E-state index contributed by atoms with van der Waals surface area (Å²) in [5.41, 5.74) is 1.34. The minimum Gasteiger partial charge on any atom is -0.326 e. The molecule has 3 heteroatoms. The third-order valence-corrected chi connectivity index (χ3v) is 3.53. The molecule has 0 bridgehead atoms. The van der Waals surface area contributed by atoms with Gasteiger partial charge in [0, 0.05) is 24.7 Å². The Morgan fingerprint density at radius 2 is 2.00 bits per heavy atom. The maximum Gasteiger partial charge on any atom is 0.168 e. The average molecular weight is 246 g/mol. The second-order valence-corrected chi connectivity index (χ2v) is 5.47. The molecule has 1 aromatic heterocycles. The summed E-state index contributed by atoms with van der Waals surface area (Å²) < 4.78 is 2.23. The van der Waals surface area contributed by atoms with Gasteiger partial charge in [0.25, 0.3) is 0 Å². The molecular formula is C14H18N2S. The maximum atomic E-state index is 4.41. The largest absolute Gasteiger partial charge is 0.326 e. The molecule has 0 radical (unpaired) electrons. The maximum absolute atomic E-state index is 4.41. The van der Waals surface area contributed by atoms with Gasteiger partial charge in [-0.3, -0.25) is 0 Å². The first kappa shape index (κ1) is 12.2. The first-order valence-corrected chi connectivity index (χ1v) is 6.92. The fourth-order valence-electron chi connectivity index (χ4n) is 1.69. The van der Waals surface area contributed by atoms with Crippen LogP contribution in [0.1, 0.15) is 19.4 Å². The van der Waals surface area contributed by atoms with Crippen molar-refractivity contribution in [1.29, 1.82) is 0 Å². The molecule has 0 fully saturated rings. The normalized spacial score (nSPS) is 11.0. The number of hydrogen-bond acceptors (Lipinski definition) is 2. The number of nitrogens with zero attached hydrogens (tertiary/aromatic N) is 2. The van der Waals surface area contributed by atoms with Crippen LogP contribution in [0.15, 0.2) is 47.9 Å². The van der Waals surface area contributed by atoms with E-state index in [2.05, 4.69) is 53.9 Å². The lowest BCUT2D eigenvalue weighted by atomic mass is 10.2. The molecule has 1 aromatic carbocycles. The van der Waals surface area contributed by atoms with E-state index >= 15 is 0 Å². The van der Waals surface area contributed by atoms with E-state index in [-0.39, 0.29) is 0 Å². The first-order chi connectivity index (χ1) is 8.25. The summed E-state index contributed by atoms with van der Waals surface area (Å²) in [4.78, 5) is 4.41. The van der Waals surface area contributed by atoms with Gasteiger partial charge in [-0.15, -0.1) is 0 Å². The van der Waals surface area contributed by atoms with Crippen molar-refractivity contribution in [3.8, 4) is 0 Å². The SMILES string of the molecule is CC(C)Cn1ccnc1SCc1ccccc1. The Morgan fingerprint density at radius 3 is 2.71 bits per heavy atom. The third kappa shape index (κ3) is 3.63. The van der Waals surface area contributed by atoms with Gasteiger partial charge in [0.1, 0.15) is 0 Å². The topological polar surface area (TPSA) is 17.8 Å². The monoisotopic (exact) mass is 246 g/mol. The van der Waals surface area contributed by atoms with E-state index in [0.717, 1.165) is 17.5 Å². The van der Waals surface area contributed by atoms with E-state index in [4.69, 9.17) is 0 Å². The Labute approximate surface area is 107 Å². The minimum atomic E-state index is 0.653. The molecule has 90 valence electrons. The molecule has 0 amide bonds. The van der Waals surface area contributed by atoms with Crippen molar-refractivity contribution in [1.82, 2.24) is 9.55 Å². The Hall–Kier alpha value is -1.22. The van der Waals surface area contributed by atoms with Crippen molar-refractivity contribution < 1.29 is 0 Å². The van der Waals surface area contributed by atoms with Crippen LogP contribution in [0.3, 0.4) is 0 Å². The predicted octanol–water partition coefficient (Wildman–Crippen LogP) is 3.83. The van der Waals surface area contributed by atoms with E-state index in [1.54, 1.807) is 11.8 Å². The highest BCUT2D eigenvalue weighted by atomic mass is 32.2. The van der Waals surface area contributed by atoms with E-state index < -0.39 is 0 Å². The van der Waals surface area contributed by atoms with Gasteiger partial charge < -0.3 is 4.57 Å². The zero-order chi connectivity index (χ0) is 12.1. The summed E-state index contributed by atoms with van der Waals surface area (Å²) in [5.74, 6) is 1.64. The summed E-state index contributed by atoms with van der Waals surface area (Å²) >= 11 is 1.80. The Kier molecular flexibility index (Phi) is 4.26. The van der Waals surface area contributed by atoms with Crippen LogP contribution in [0.4, 0.5) is 0 Å². The van der Waals surface area contributed by atoms with Crippen molar-refractivity contribution in [2.45, 2.75) is 31.3 Å². The minimum absolute atomic E-state index is 0.653. The average Bonchev–Trinajstić information content (AvgIpc) is 2.74. The van der Waals surface area contributed by atoms with Gasteiger partial charge >= 0.3 is 0 Å². The summed E-state index contributed by atoms with van der Waals surface area (Å²) in [6.07, 6.45) is 3.95. The first-order valence-electron chi connectivity index (χ1n) is 5.93. The molecule has 17 heavy (non-hydrogen) atoms. The quantitative estimate of drug-likeness (QED) is 0.746. The van der Waals surface area contributed by atoms with E-state index in [1.165, 1.54) is 5.56 Å². The fourth-order valence-corrected chi connectivity index (χ4v) is 2.61. The number of thioether (sulfide) groups is 1. The predicted molar refractivity (Wildman–Crippen MR) is 73.1 cm³/mol. The summed E-state index contributed by atoms with van der Waals surface area (Å²) in [6, 6.07) is 10.5. The molecule has 0 aliphatic rings. The number of benzene rings is 1. The van der Waals surface area contributed by atoms with Crippen LogP contribution in [-0.2, 0) is 12.3 Å². The van der Waals surface area contributed by atoms with Gasteiger partial charge in [-0.05, 0) is 11.5 Å². The van der Waals surface area contributed by atoms with Crippen molar-refractivity contribution >= 4 is 11.8 Å². The molecule has 1 heterocycles. The molecule has 2 aromatic rings. The van der Waals surface area contributed by atoms with Gasteiger partial charge in [-0.1, -0.05) is 55.9 Å². The molecule has 2 rings (SSSR count). The number of rotatable bonds is 5. The van der Waals surface area contributed by atoms with E-state index in [0.29, 0.717) is 5.92 Å². The molecule has 0 unspecified atom stereocenters. The number of hydrogen-bond donors (Lipinski definition) is 0. The Morgan fingerprint density at radius 1 is 1.24 bits per heavy atom. The molecule has 0 spiro atoms. The lowest BCUT2D eigenvalue weighted by Crippen LogP contribution is -2.04. The molecular weight excluding hydrogens is 228 g/mol. The van der Waals surface area contributed by atoms with Crippen LogP contribution < -0.4 is 0 Å². The van der Waals surface area contributed by atoms with Crippen LogP contribution in [0, 0.1) is 5.92 Å². The summed E-state index contributed by atoms with van der Waals surface area (Å²) in [7, 11) is 0. The standard InChI is InChI=1S/C14H18N2S/c1-12(2)10-16-9-8-15-14(16)17-11-13-6-4-3-5-7-13/h3-9,12H,10-11H2,1-2H3. The summed E-state index contributed by atoms with van der Waals surface area (Å²) in [6.45, 7) is 5.49. The van der Waals surface area contributed by atoms with Crippen molar-refractivity contribution in [3.05, 3.63) is 48.3 Å². The lowest BCUT2D eigenvalue weighted by Gasteiger charge is -2.09. The number of aromatic nitrogens is 2. The van der Waals surface area contributed by atoms with Crippen molar-refractivity contribution in [2.75, 3.05) is 0 Å². The number of imidazole rings is 1. The van der Waals surface area contributed by atoms with Gasteiger partial charge in [-0.2, -0.15) is 0 Å². The smallest absolute Gasteiger partial charge is 0.168 e. The highest BCUT2D eigenvalue weighted by Gasteiger charge is 2.05. The fraction of sp³-hybridized carbons (Fsp3) is 0.357. The molecule has 0 N–H and O–H groups in total. The Balaban J connectivity index is 1.97. The van der Waals surface area contributed by atoms with Crippen LogP contribution >= 0.6 is 11.8 Å². The summed E-state index contributed by atoms with van der Waals surface area (Å²) in [5, 5.41) is 1.11. The van der Waals surface area contributed by atoms with Crippen LogP contribution in [0.25, 0.3) is 0 Å². The molecule has 0 saturated carbocycles. The molecule has 0 saturated heterocycles. The van der Waals surface area contributed by atoms with Gasteiger partial charge in [0.15, 0.2) is 5.16 Å². The highest BCUT2D eigenvalue weighted by Crippen LogP contribution is 2.21.